The molecule has 3 heteroatoms. The molecule has 0 bridgehead atoms. The Kier molecular flexibility index (Phi) is 23.8. The molecule has 27 heavy (non-hydrogen) atoms. The van der Waals surface area contributed by atoms with Gasteiger partial charge in [-0.1, -0.05) is 97.8 Å². The molecule has 0 saturated heterocycles. The Morgan fingerprint density at radius 2 is 0.963 bits per heavy atom. The lowest BCUT2D eigenvalue weighted by molar-refractivity contribution is -0.146. The maximum absolute atomic E-state index is 6.05. The molecule has 3 nitrogen and oxygen atoms in total. The van der Waals surface area contributed by atoms with Gasteiger partial charge in [-0.3, -0.25) is 0 Å². The second-order valence-corrected chi connectivity index (χ2v) is 7.95. The second kappa shape index (κ2) is 23.9. The fraction of sp³-hybridized carbons (Fsp3) is 1.00. The molecule has 0 aliphatic rings. The summed E-state index contributed by atoms with van der Waals surface area (Å²) in [5, 5.41) is 3.47. The van der Waals surface area contributed by atoms with Crippen LogP contribution >= 0.6 is 0 Å². The van der Waals surface area contributed by atoms with Crippen LogP contribution in [-0.4, -0.2) is 32.6 Å². The maximum atomic E-state index is 6.05. The summed E-state index contributed by atoms with van der Waals surface area (Å²) in [6.07, 6.45) is 20.7. The van der Waals surface area contributed by atoms with Gasteiger partial charge in [-0.05, 0) is 32.4 Å². The first-order chi connectivity index (χ1) is 13.3. The van der Waals surface area contributed by atoms with Crippen LogP contribution in [0, 0.1) is 0 Å². The number of unbranched alkanes of at least 4 members (excludes halogenated alkanes) is 12. The van der Waals surface area contributed by atoms with Crippen molar-refractivity contribution in [3.63, 3.8) is 0 Å². The predicted molar refractivity (Wildman–Crippen MR) is 119 cm³/mol. The van der Waals surface area contributed by atoms with E-state index in [1.807, 2.05) is 0 Å². The molecule has 0 spiro atoms. The van der Waals surface area contributed by atoms with E-state index >= 15 is 0 Å². The normalized spacial score (nSPS) is 12.6. The summed E-state index contributed by atoms with van der Waals surface area (Å²) in [6, 6.07) is 0. The van der Waals surface area contributed by atoms with Gasteiger partial charge in [0.05, 0.1) is 0 Å². The first-order valence-electron chi connectivity index (χ1n) is 12.3. The average Bonchev–Trinajstić information content (AvgIpc) is 2.68. The molecule has 0 fully saturated rings. The Morgan fingerprint density at radius 3 is 1.41 bits per heavy atom. The van der Waals surface area contributed by atoms with Gasteiger partial charge in [-0.25, -0.2) is 0 Å². The average molecular weight is 386 g/mol. The van der Waals surface area contributed by atoms with E-state index in [0.717, 1.165) is 32.7 Å². The molecule has 0 radical (unpaired) electrons. The van der Waals surface area contributed by atoms with Crippen molar-refractivity contribution >= 4 is 0 Å². The van der Waals surface area contributed by atoms with Crippen LogP contribution < -0.4 is 5.32 Å². The van der Waals surface area contributed by atoms with Crippen molar-refractivity contribution in [1.82, 2.24) is 5.32 Å². The van der Waals surface area contributed by atoms with Crippen LogP contribution in [-0.2, 0) is 9.47 Å². The fourth-order valence-electron chi connectivity index (χ4n) is 3.28. The summed E-state index contributed by atoms with van der Waals surface area (Å²) in [5.74, 6) is 0. The monoisotopic (exact) mass is 385 g/mol. The molecule has 164 valence electrons. The number of nitrogens with one attached hydrogen (secondary N) is 1. The van der Waals surface area contributed by atoms with Gasteiger partial charge in [0, 0.05) is 19.6 Å². The van der Waals surface area contributed by atoms with Gasteiger partial charge in [-0.2, -0.15) is 0 Å². The number of hydrogen-bond donors (Lipinski definition) is 1. The van der Waals surface area contributed by atoms with E-state index in [-0.39, 0.29) is 6.29 Å². The Bertz CT molecular complexity index is 261. The van der Waals surface area contributed by atoms with Gasteiger partial charge in [0.15, 0.2) is 6.29 Å². The lowest BCUT2D eigenvalue weighted by Gasteiger charge is -2.19. The van der Waals surface area contributed by atoms with Crippen LogP contribution in [0.25, 0.3) is 0 Å². The molecule has 0 aliphatic carbocycles. The lowest BCUT2D eigenvalue weighted by Crippen LogP contribution is -2.26. The second-order valence-electron chi connectivity index (χ2n) is 7.95. The van der Waals surface area contributed by atoms with Crippen molar-refractivity contribution in [2.24, 2.45) is 0 Å². The topological polar surface area (TPSA) is 30.5 Å². The predicted octanol–water partition coefficient (Wildman–Crippen LogP) is 7.24. The number of rotatable bonds is 23. The van der Waals surface area contributed by atoms with Crippen LogP contribution in [0.3, 0.4) is 0 Å². The third-order valence-corrected chi connectivity index (χ3v) is 5.09. The number of ether oxygens (including phenoxy) is 2. The zero-order chi connectivity index (χ0) is 19.8. The molecule has 0 amide bonds. The quantitative estimate of drug-likeness (QED) is 0.148. The van der Waals surface area contributed by atoms with Gasteiger partial charge in [0.2, 0.25) is 0 Å². The largest absolute Gasteiger partial charge is 0.353 e. The standard InChI is InChI=1S/C24H51NO2/c1-4-7-9-11-13-14-16-18-23-27-24(19-21-25-20-6-3)26-22-17-15-12-10-8-5-2/h24-25H,4-23H2,1-3H3. The van der Waals surface area contributed by atoms with E-state index in [2.05, 4.69) is 26.1 Å². The Hall–Kier alpha value is -0.120. The fourth-order valence-corrected chi connectivity index (χ4v) is 3.28. The summed E-state index contributed by atoms with van der Waals surface area (Å²) in [6.45, 7) is 10.5. The summed E-state index contributed by atoms with van der Waals surface area (Å²) >= 11 is 0. The van der Waals surface area contributed by atoms with Crippen molar-refractivity contribution in [3.05, 3.63) is 0 Å². The van der Waals surface area contributed by atoms with Crippen molar-refractivity contribution in [2.75, 3.05) is 26.3 Å². The lowest BCUT2D eigenvalue weighted by atomic mass is 10.1. The molecule has 0 aliphatic heterocycles. The molecule has 0 aromatic rings. The highest BCUT2D eigenvalue weighted by atomic mass is 16.7. The molecular weight excluding hydrogens is 334 g/mol. The van der Waals surface area contributed by atoms with E-state index in [9.17, 15) is 0 Å². The van der Waals surface area contributed by atoms with Crippen LogP contribution in [0.2, 0.25) is 0 Å². The minimum absolute atomic E-state index is 0.0189. The highest BCUT2D eigenvalue weighted by molar-refractivity contribution is 4.53. The highest BCUT2D eigenvalue weighted by Crippen LogP contribution is 2.10. The first-order valence-corrected chi connectivity index (χ1v) is 12.3. The highest BCUT2D eigenvalue weighted by Gasteiger charge is 2.09. The summed E-state index contributed by atoms with van der Waals surface area (Å²) in [4.78, 5) is 0. The van der Waals surface area contributed by atoms with Gasteiger partial charge in [0.25, 0.3) is 0 Å². The zero-order valence-electron chi connectivity index (χ0n) is 19.0. The summed E-state index contributed by atoms with van der Waals surface area (Å²) in [5.41, 5.74) is 0. The molecule has 1 atom stereocenters. The molecule has 0 saturated carbocycles. The molecule has 0 aromatic carbocycles. The van der Waals surface area contributed by atoms with Crippen LogP contribution in [0.1, 0.15) is 124 Å². The minimum Gasteiger partial charge on any atom is -0.353 e. The van der Waals surface area contributed by atoms with Gasteiger partial charge < -0.3 is 14.8 Å². The van der Waals surface area contributed by atoms with Crippen molar-refractivity contribution < 1.29 is 9.47 Å². The van der Waals surface area contributed by atoms with E-state index in [1.165, 1.54) is 96.3 Å². The van der Waals surface area contributed by atoms with Crippen LogP contribution in [0.5, 0.6) is 0 Å². The SMILES string of the molecule is CCCCCCCCCCOC(CCNCCC)OCCCCCCCC. The first kappa shape index (κ1) is 26.9. The summed E-state index contributed by atoms with van der Waals surface area (Å²) < 4.78 is 12.1. The molecule has 0 heterocycles. The molecule has 1 unspecified atom stereocenters. The molecule has 1 N–H and O–H groups in total. The van der Waals surface area contributed by atoms with E-state index < -0.39 is 0 Å². The summed E-state index contributed by atoms with van der Waals surface area (Å²) in [7, 11) is 0. The van der Waals surface area contributed by atoms with Crippen molar-refractivity contribution in [1.29, 1.82) is 0 Å². The van der Waals surface area contributed by atoms with E-state index in [1.54, 1.807) is 0 Å². The van der Waals surface area contributed by atoms with Crippen molar-refractivity contribution in [2.45, 2.75) is 130 Å². The van der Waals surface area contributed by atoms with Crippen LogP contribution in [0.15, 0.2) is 0 Å². The third kappa shape index (κ3) is 22.0. The zero-order valence-corrected chi connectivity index (χ0v) is 19.0. The smallest absolute Gasteiger partial charge is 0.158 e. The third-order valence-electron chi connectivity index (χ3n) is 5.09. The van der Waals surface area contributed by atoms with E-state index in [0.29, 0.717) is 0 Å². The Labute approximate surface area is 171 Å². The Morgan fingerprint density at radius 1 is 0.519 bits per heavy atom. The van der Waals surface area contributed by atoms with E-state index in [4.69, 9.17) is 9.47 Å². The minimum atomic E-state index is -0.0189. The van der Waals surface area contributed by atoms with Gasteiger partial charge >= 0.3 is 0 Å². The molecular formula is C24H51NO2. The van der Waals surface area contributed by atoms with Crippen molar-refractivity contribution in [3.8, 4) is 0 Å². The van der Waals surface area contributed by atoms with Crippen LogP contribution in [0.4, 0.5) is 0 Å². The van der Waals surface area contributed by atoms with Gasteiger partial charge in [-0.15, -0.1) is 0 Å². The Balaban J connectivity index is 3.69. The number of hydrogen-bond acceptors (Lipinski definition) is 3. The van der Waals surface area contributed by atoms with Gasteiger partial charge in [0.1, 0.15) is 0 Å². The maximum Gasteiger partial charge on any atom is 0.158 e. The molecule has 0 aromatic heterocycles. The molecule has 0 rings (SSSR count).